The Kier molecular flexibility index (Phi) is 5.05. The smallest absolute Gasteiger partial charge is 0.477 e. The zero-order valence-electron chi connectivity index (χ0n) is 14.0. The van der Waals surface area contributed by atoms with Gasteiger partial charge >= 0.3 is 18.1 Å². The molecule has 0 bridgehead atoms. The van der Waals surface area contributed by atoms with E-state index in [1.807, 2.05) is 0 Å². The monoisotopic (exact) mass is 422 g/mol. The predicted octanol–water partition coefficient (Wildman–Crippen LogP) is -0.566. The maximum Gasteiger partial charge on any atom is 0.490 e. The van der Waals surface area contributed by atoms with Crippen LogP contribution in [0.2, 0.25) is 0 Å². The van der Waals surface area contributed by atoms with E-state index < -0.39 is 18.1 Å². The van der Waals surface area contributed by atoms with Crippen molar-refractivity contribution in [1.82, 2.24) is 30.4 Å². The lowest BCUT2D eigenvalue weighted by Gasteiger charge is -2.48. The Balaban J connectivity index is 0.000000279. The van der Waals surface area contributed by atoms with Gasteiger partial charge < -0.3 is 15.5 Å². The van der Waals surface area contributed by atoms with Gasteiger partial charge in [0.1, 0.15) is 11.7 Å². The Hall–Kier alpha value is -2.68. The number of carbonyl (C=O) groups is 3. The fraction of sp³-hybridized carbons (Fsp3) is 0.538. The van der Waals surface area contributed by atoms with Crippen molar-refractivity contribution in [2.45, 2.75) is 29.8 Å². The SMILES string of the molecule is Cn1nnnc1SC1=C(C(=O)O)N2C(=O)[C@H]3NC[C@@H](C1)[C@H]32.O=C(O)C(F)(F)F. The van der Waals surface area contributed by atoms with E-state index in [-0.39, 0.29) is 29.6 Å². The molecule has 3 atom stereocenters. The highest BCUT2D eigenvalue weighted by Crippen LogP contribution is 2.47. The fourth-order valence-electron chi connectivity index (χ4n) is 3.25. The summed E-state index contributed by atoms with van der Waals surface area (Å²) in [6.07, 6.45) is -4.46. The van der Waals surface area contributed by atoms with Gasteiger partial charge in [-0.25, -0.2) is 14.3 Å². The van der Waals surface area contributed by atoms with Crippen molar-refractivity contribution in [3.05, 3.63) is 10.6 Å². The van der Waals surface area contributed by atoms with Crippen molar-refractivity contribution >= 4 is 29.6 Å². The Morgan fingerprint density at radius 3 is 2.46 bits per heavy atom. The van der Waals surface area contributed by atoms with Crippen LogP contribution in [0, 0.1) is 5.92 Å². The zero-order valence-corrected chi connectivity index (χ0v) is 14.9. The molecule has 2 fully saturated rings. The molecule has 4 heterocycles. The highest BCUT2D eigenvalue weighted by molar-refractivity contribution is 8.03. The third kappa shape index (κ3) is 3.42. The molecule has 3 aliphatic rings. The van der Waals surface area contributed by atoms with E-state index in [0.29, 0.717) is 16.5 Å². The second-order valence-electron chi connectivity index (χ2n) is 6.12. The van der Waals surface area contributed by atoms with Gasteiger partial charge in [-0.15, -0.1) is 5.10 Å². The Morgan fingerprint density at radius 2 is 1.96 bits per heavy atom. The molecule has 0 unspecified atom stereocenters. The topological polar surface area (TPSA) is 151 Å². The largest absolute Gasteiger partial charge is 0.490 e. The minimum absolute atomic E-state index is 0.0226. The number of carbonyl (C=O) groups excluding carboxylic acids is 1. The molecule has 3 aliphatic heterocycles. The summed E-state index contributed by atoms with van der Waals surface area (Å²) in [5.41, 5.74) is 0.0780. The maximum absolute atomic E-state index is 12.1. The number of tetrazole rings is 1. The molecule has 15 heteroatoms. The van der Waals surface area contributed by atoms with Gasteiger partial charge in [-0.05, 0) is 22.8 Å². The average Bonchev–Trinajstić information content (AvgIpc) is 3.18. The average molecular weight is 422 g/mol. The normalized spacial score (nSPS) is 25.6. The highest BCUT2D eigenvalue weighted by Gasteiger charge is 2.59. The summed E-state index contributed by atoms with van der Waals surface area (Å²) >= 11 is 1.22. The number of aromatic nitrogens is 4. The number of hydrogen-bond donors (Lipinski definition) is 3. The molecule has 2 saturated heterocycles. The fourth-order valence-corrected chi connectivity index (χ4v) is 4.30. The van der Waals surface area contributed by atoms with Crippen LogP contribution in [-0.4, -0.2) is 78.0 Å². The summed E-state index contributed by atoms with van der Waals surface area (Å²) in [5.74, 6) is -3.74. The van der Waals surface area contributed by atoms with Crippen molar-refractivity contribution in [2.75, 3.05) is 6.54 Å². The van der Waals surface area contributed by atoms with Crippen LogP contribution in [0.4, 0.5) is 13.2 Å². The van der Waals surface area contributed by atoms with Gasteiger partial charge in [-0.2, -0.15) is 13.2 Å². The predicted molar refractivity (Wildman–Crippen MR) is 83.5 cm³/mol. The van der Waals surface area contributed by atoms with Crippen LogP contribution in [0.25, 0.3) is 0 Å². The first-order chi connectivity index (χ1) is 13.0. The van der Waals surface area contributed by atoms with Gasteiger partial charge in [-0.1, -0.05) is 11.8 Å². The molecule has 11 nitrogen and oxygen atoms in total. The van der Waals surface area contributed by atoms with Crippen molar-refractivity contribution < 1.29 is 37.8 Å². The van der Waals surface area contributed by atoms with E-state index in [0.717, 1.165) is 6.54 Å². The molecule has 0 saturated carbocycles. The number of thioether (sulfide) groups is 1. The molecule has 0 radical (unpaired) electrons. The van der Waals surface area contributed by atoms with Crippen molar-refractivity contribution in [2.24, 2.45) is 13.0 Å². The first-order valence-corrected chi connectivity index (χ1v) is 8.57. The first-order valence-electron chi connectivity index (χ1n) is 7.75. The summed E-state index contributed by atoms with van der Waals surface area (Å²) in [4.78, 5) is 34.7. The summed E-state index contributed by atoms with van der Waals surface area (Å²) in [5, 5.41) is 31.4. The lowest BCUT2D eigenvalue weighted by molar-refractivity contribution is -0.192. The number of carboxylic acids is 2. The van der Waals surface area contributed by atoms with E-state index >= 15 is 0 Å². The second-order valence-corrected chi connectivity index (χ2v) is 7.18. The van der Waals surface area contributed by atoms with Crippen molar-refractivity contribution in [3.63, 3.8) is 0 Å². The Bertz CT molecular complexity index is 871. The number of carboxylic acid groups (broad SMARTS) is 2. The molecule has 152 valence electrons. The summed E-state index contributed by atoms with van der Waals surface area (Å²) in [6, 6.07) is -0.238. The van der Waals surface area contributed by atoms with Crippen molar-refractivity contribution in [1.29, 1.82) is 0 Å². The minimum Gasteiger partial charge on any atom is -0.477 e. The van der Waals surface area contributed by atoms with E-state index in [9.17, 15) is 27.9 Å². The number of allylic oxidation sites excluding steroid dienone is 1. The van der Waals surface area contributed by atoms with Gasteiger partial charge in [0.25, 0.3) is 0 Å². The van der Waals surface area contributed by atoms with Gasteiger partial charge in [0, 0.05) is 18.5 Å². The van der Waals surface area contributed by atoms with Crippen LogP contribution in [0.1, 0.15) is 6.42 Å². The molecule has 28 heavy (non-hydrogen) atoms. The number of alkyl halides is 3. The first kappa shape index (κ1) is 20.1. The number of β-lactam (4-membered cyclic amide) rings is 1. The maximum atomic E-state index is 12.1. The molecule has 4 rings (SSSR count). The van der Waals surface area contributed by atoms with E-state index in [4.69, 9.17) is 9.90 Å². The molecule has 1 aromatic heterocycles. The number of nitrogens with zero attached hydrogens (tertiary/aromatic N) is 5. The summed E-state index contributed by atoms with van der Waals surface area (Å²) in [7, 11) is 1.69. The number of nitrogens with one attached hydrogen (secondary N) is 1. The number of aryl methyl sites for hydroxylation is 1. The number of hydrogen-bond acceptors (Lipinski definition) is 8. The third-order valence-corrected chi connectivity index (χ3v) is 5.55. The Labute approximate surface area is 158 Å². The molecule has 1 aromatic rings. The van der Waals surface area contributed by atoms with Gasteiger partial charge in [0.15, 0.2) is 0 Å². The van der Waals surface area contributed by atoms with E-state index in [2.05, 4.69) is 20.8 Å². The zero-order chi connectivity index (χ0) is 20.8. The van der Waals surface area contributed by atoms with Crippen LogP contribution < -0.4 is 5.32 Å². The summed E-state index contributed by atoms with van der Waals surface area (Å²) < 4.78 is 33.2. The lowest BCUT2D eigenvalue weighted by atomic mass is 9.82. The number of amides is 1. The summed E-state index contributed by atoms with van der Waals surface area (Å²) in [6.45, 7) is 0.728. The van der Waals surface area contributed by atoms with Crippen molar-refractivity contribution in [3.8, 4) is 0 Å². The number of rotatable bonds is 3. The van der Waals surface area contributed by atoms with Crippen LogP contribution in [-0.2, 0) is 21.4 Å². The number of aliphatic carboxylic acids is 2. The van der Waals surface area contributed by atoms with Crippen LogP contribution in [0.5, 0.6) is 0 Å². The van der Waals surface area contributed by atoms with Crippen LogP contribution in [0.15, 0.2) is 15.8 Å². The molecule has 0 spiro atoms. The van der Waals surface area contributed by atoms with Crippen LogP contribution >= 0.6 is 11.8 Å². The second kappa shape index (κ2) is 7.05. The van der Waals surface area contributed by atoms with Crippen LogP contribution in [0.3, 0.4) is 0 Å². The number of halogens is 3. The Morgan fingerprint density at radius 1 is 1.32 bits per heavy atom. The van der Waals surface area contributed by atoms with Gasteiger partial charge in [0.2, 0.25) is 11.1 Å². The molecular weight excluding hydrogens is 409 g/mol. The van der Waals surface area contributed by atoms with Gasteiger partial charge in [-0.3, -0.25) is 9.69 Å². The lowest BCUT2D eigenvalue weighted by Crippen LogP contribution is -2.68. The molecule has 0 aromatic carbocycles. The molecule has 1 amide bonds. The molecular formula is C13H13F3N6O5S. The highest BCUT2D eigenvalue weighted by atomic mass is 32.2. The molecule has 0 aliphatic carbocycles. The van der Waals surface area contributed by atoms with Gasteiger partial charge in [0.05, 0.1) is 6.04 Å². The standard InChI is InChI=1S/C11H12N6O3S.C2HF3O2/c1-16-11(13-14-15-16)21-5-2-4-3-12-6-7(4)17(9(6)18)8(5)10(19)20;3-2(4,5)1(6)7/h4,6-7,12H,2-3H2,1H3,(H,19,20);(H,6,7)/t4-,6+,7-;/m1./s1. The minimum atomic E-state index is -5.08. The quantitative estimate of drug-likeness (QED) is 0.541. The third-order valence-electron chi connectivity index (χ3n) is 4.42. The van der Waals surface area contributed by atoms with E-state index in [1.165, 1.54) is 21.3 Å². The molecule has 3 N–H and O–H groups in total. The van der Waals surface area contributed by atoms with E-state index in [1.54, 1.807) is 7.05 Å².